The molecule has 0 fully saturated rings. The summed E-state index contributed by atoms with van der Waals surface area (Å²) in [6.07, 6.45) is 9.89. The molecule has 0 saturated carbocycles. The zero-order valence-corrected chi connectivity index (χ0v) is 22.0. The third-order valence-electron chi connectivity index (χ3n) is 6.35. The van der Waals surface area contributed by atoms with Crippen molar-refractivity contribution in [2.75, 3.05) is 0 Å². The van der Waals surface area contributed by atoms with Crippen LogP contribution in [0.4, 0.5) is 0 Å². The Labute approximate surface area is 210 Å². The van der Waals surface area contributed by atoms with Crippen LogP contribution in [0.2, 0.25) is 0 Å². The highest BCUT2D eigenvalue weighted by Gasteiger charge is 2.43. The van der Waals surface area contributed by atoms with Gasteiger partial charge in [0.05, 0.1) is 15.8 Å². The molecule has 3 rings (SSSR count). The molecule has 0 saturated heterocycles. The molecule has 2 aromatic rings. The molecule has 0 radical (unpaired) electrons. The Balaban J connectivity index is 2.05. The third kappa shape index (κ3) is 6.14. The highest BCUT2D eigenvalue weighted by atomic mass is 32.2. The number of aryl methyl sites for hydroxylation is 1. The van der Waals surface area contributed by atoms with Gasteiger partial charge in [-0.2, -0.15) is 0 Å². The maximum Gasteiger partial charge on any atom is 0.264 e. The zero-order chi connectivity index (χ0) is 25.5. The lowest BCUT2D eigenvalue weighted by atomic mass is 10.1. The van der Waals surface area contributed by atoms with Gasteiger partial charge in [-0.15, -0.1) is 13.2 Å². The van der Waals surface area contributed by atoms with Crippen molar-refractivity contribution in [3.8, 4) is 0 Å². The van der Waals surface area contributed by atoms with Gasteiger partial charge in [0.1, 0.15) is 5.25 Å². The summed E-state index contributed by atoms with van der Waals surface area (Å²) in [5.74, 6) is 0. The van der Waals surface area contributed by atoms with E-state index >= 15 is 0 Å². The first-order chi connectivity index (χ1) is 16.7. The van der Waals surface area contributed by atoms with E-state index in [1.165, 1.54) is 4.31 Å². The Hall–Kier alpha value is -2.64. The fourth-order valence-electron chi connectivity index (χ4n) is 4.50. The van der Waals surface area contributed by atoms with Gasteiger partial charge in [-0.25, -0.2) is 16.8 Å². The quantitative estimate of drug-likeness (QED) is 0.236. The van der Waals surface area contributed by atoms with Gasteiger partial charge < -0.3 is 0 Å². The number of hydrogen-bond acceptors (Lipinski definition) is 4. The smallest absolute Gasteiger partial charge is 0.264 e. The zero-order valence-electron chi connectivity index (χ0n) is 20.3. The normalized spacial score (nSPS) is 17.1. The highest BCUT2D eigenvalue weighted by molar-refractivity contribution is 7.92. The van der Waals surface area contributed by atoms with E-state index in [0.29, 0.717) is 31.4 Å². The van der Waals surface area contributed by atoms with Crippen LogP contribution in [0.15, 0.2) is 101 Å². The summed E-state index contributed by atoms with van der Waals surface area (Å²) in [4.78, 5) is 0.364. The lowest BCUT2D eigenvalue weighted by Crippen LogP contribution is -2.41. The van der Waals surface area contributed by atoms with Crippen LogP contribution >= 0.6 is 0 Å². The Morgan fingerprint density at radius 3 is 2.23 bits per heavy atom. The molecule has 0 amide bonds. The minimum Gasteiger partial charge on any atom is -0.265 e. The molecule has 35 heavy (non-hydrogen) atoms. The van der Waals surface area contributed by atoms with E-state index < -0.39 is 31.2 Å². The van der Waals surface area contributed by atoms with E-state index in [0.717, 1.165) is 24.8 Å². The molecular weight excluding hydrogens is 478 g/mol. The summed E-state index contributed by atoms with van der Waals surface area (Å²) in [5, 5.41) is -0.955. The summed E-state index contributed by atoms with van der Waals surface area (Å²) in [7, 11) is -7.78. The first-order valence-electron chi connectivity index (χ1n) is 12.1. The van der Waals surface area contributed by atoms with E-state index in [-0.39, 0.29) is 9.79 Å². The van der Waals surface area contributed by atoms with Crippen LogP contribution in [0.3, 0.4) is 0 Å². The second-order valence-electron chi connectivity index (χ2n) is 8.93. The maximum atomic E-state index is 13.9. The van der Waals surface area contributed by atoms with E-state index in [4.69, 9.17) is 0 Å². The fraction of sp³-hybridized carbons (Fsp3) is 0.357. The van der Waals surface area contributed by atoms with Crippen molar-refractivity contribution >= 4 is 19.9 Å². The summed E-state index contributed by atoms with van der Waals surface area (Å²) in [6, 6.07) is 14.6. The average Bonchev–Trinajstić information content (AvgIpc) is 3.26. The summed E-state index contributed by atoms with van der Waals surface area (Å²) < 4.78 is 56.8. The molecule has 1 heterocycles. The minimum atomic E-state index is -3.96. The highest BCUT2D eigenvalue weighted by Crippen LogP contribution is 2.38. The van der Waals surface area contributed by atoms with Crippen LogP contribution in [-0.4, -0.2) is 32.4 Å². The van der Waals surface area contributed by atoms with Crippen LogP contribution in [-0.2, 0) is 19.9 Å². The topological polar surface area (TPSA) is 71.5 Å². The van der Waals surface area contributed by atoms with E-state index in [1.54, 1.807) is 66.7 Å². The first kappa shape index (κ1) is 27.0. The third-order valence-corrected chi connectivity index (χ3v) is 10.4. The molecule has 7 heteroatoms. The van der Waals surface area contributed by atoms with Gasteiger partial charge in [-0.05, 0) is 63.3 Å². The Kier molecular flexibility index (Phi) is 9.14. The predicted molar refractivity (Wildman–Crippen MR) is 142 cm³/mol. The largest absolute Gasteiger partial charge is 0.265 e. The van der Waals surface area contributed by atoms with Crippen molar-refractivity contribution in [2.24, 2.45) is 0 Å². The lowest BCUT2D eigenvalue weighted by molar-refractivity contribution is 0.393. The fourth-order valence-corrected chi connectivity index (χ4v) is 8.19. The summed E-state index contributed by atoms with van der Waals surface area (Å²) >= 11 is 0. The maximum absolute atomic E-state index is 13.9. The summed E-state index contributed by atoms with van der Waals surface area (Å²) in [6.45, 7) is 9.44. The molecule has 0 bridgehead atoms. The molecule has 0 aliphatic carbocycles. The van der Waals surface area contributed by atoms with Crippen molar-refractivity contribution < 1.29 is 16.8 Å². The minimum absolute atomic E-state index is 0.159. The standard InChI is InChI=1S/C28H35NO4S2/c1-4-6-7-8-12-16-28(34(30,31)25-14-10-9-11-15-25)27-22-19-24(13-5-2)29(27)35(32,33)26-20-17-23(3)18-21-26/h4-5,9-11,14-15,17-18,20-22,24,28H,1-2,6-8,12-13,16,19H2,3H3/t24-,28+/m0/s1. The number of nitrogens with zero attached hydrogens (tertiary/aromatic N) is 1. The molecule has 0 unspecified atom stereocenters. The van der Waals surface area contributed by atoms with Crippen molar-refractivity contribution in [2.45, 2.75) is 73.0 Å². The van der Waals surface area contributed by atoms with Gasteiger partial charge in [0, 0.05) is 5.70 Å². The Morgan fingerprint density at radius 2 is 1.60 bits per heavy atom. The van der Waals surface area contributed by atoms with Gasteiger partial charge in [-0.3, -0.25) is 4.31 Å². The number of rotatable bonds is 13. The Bertz CT molecular complexity index is 1250. The van der Waals surface area contributed by atoms with E-state index in [2.05, 4.69) is 13.2 Å². The second kappa shape index (κ2) is 11.9. The first-order valence-corrected chi connectivity index (χ1v) is 15.0. The van der Waals surface area contributed by atoms with Crippen LogP contribution < -0.4 is 0 Å². The molecule has 0 spiro atoms. The van der Waals surface area contributed by atoms with E-state index in [9.17, 15) is 16.8 Å². The van der Waals surface area contributed by atoms with E-state index in [1.807, 2.05) is 13.0 Å². The summed E-state index contributed by atoms with van der Waals surface area (Å²) in [5.41, 5.74) is 1.30. The number of hydrogen-bond donors (Lipinski definition) is 0. The predicted octanol–water partition coefficient (Wildman–Crippen LogP) is 6.20. The van der Waals surface area contributed by atoms with Crippen LogP contribution in [0.5, 0.6) is 0 Å². The second-order valence-corrected chi connectivity index (χ2v) is 12.9. The number of sulfone groups is 1. The molecular formula is C28H35NO4S2. The van der Waals surface area contributed by atoms with Gasteiger partial charge in [0.25, 0.3) is 10.0 Å². The molecule has 2 atom stereocenters. The average molecular weight is 514 g/mol. The molecule has 2 aromatic carbocycles. The van der Waals surface area contributed by atoms with Gasteiger partial charge >= 0.3 is 0 Å². The monoisotopic (exact) mass is 513 g/mol. The lowest BCUT2D eigenvalue weighted by Gasteiger charge is -2.32. The molecule has 0 aromatic heterocycles. The van der Waals surface area contributed by atoms with Crippen molar-refractivity contribution in [3.63, 3.8) is 0 Å². The van der Waals surface area contributed by atoms with Gasteiger partial charge in [0.15, 0.2) is 9.84 Å². The molecule has 0 N–H and O–H groups in total. The van der Waals surface area contributed by atoms with Gasteiger partial charge in [0.2, 0.25) is 0 Å². The van der Waals surface area contributed by atoms with Crippen molar-refractivity contribution in [3.05, 3.63) is 97.2 Å². The van der Waals surface area contributed by atoms with Crippen LogP contribution in [0, 0.1) is 6.92 Å². The SMILES string of the molecule is C=CCCCCC[C@H](C1=CC[C@H](CC=C)N1S(=O)(=O)c1ccc(C)cc1)S(=O)(=O)c1ccccc1. The Morgan fingerprint density at radius 1 is 0.914 bits per heavy atom. The number of unbranched alkanes of at least 4 members (excludes halogenated alkanes) is 3. The molecule has 5 nitrogen and oxygen atoms in total. The molecule has 1 aliphatic heterocycles. The van der Waals surface area contributed by atoms with Crippen molar-refractivity contribution in [1.82, 2.24) is 4.31 Å². The molecule has 188 valence electrons. The molecule has 1 aliphatic rings. The number of sulfonamides is 1. The van der Waals surface area contributed by atoms with Crippen LogP contribution in [0.1, 0.15) is 50.5 Å². The van der Waals surface area contributed by atoms with Crippen molar-refractivity contribution in [1.29, 1.82) is 0 Å². The van der Waals surface area contributed by atoms with Gasteiger partial charge in [-0.1, -0.05) is 67.0 Å². The number of allylic oxidation sites excluding steroid dienone is 1. The number of benzene rings is 2. The van der Waals surface area contributed by atoms with Crippen LogP contribution in [0.25, 0.3) is 0 Å².